The van der Waals surface area contributed by atoms with Crippen molar-refractivity contribution < 1.29 is 69.6 Å². The lowest BCUT2D eigenvalue weighted by Gasteiger charge is -2.12. The summed E-state index contributed by atoms with van der Waals surface area (Å²) in [5, 5.41) is 16.4. The van der Waals surface area contributed by atoms with Crippen LogP contribution in [0.5, 0.6) is 5.75 Å². The minimum absolute atomic E-state index is 0.391. The number of rotatable bonds is 10. The summed E-state index contributed by atoms with van der Waals surface area (Å²) in [7, 11) is -24.9. The van der Waals surface area contributed by atoms with Gasteiger partial charge >= 0.3 is 10.4 Å². The predicted octanol–water partition coefficient (Wildman–Crippen LogP) is 0.876. The van der Waals surface area contributed by atoms with E-state index in [1.54, 1.807) is 0 Å². The summed E-state index contributed by atoms with van der Waals surface area (Å²) in [5.74, 6) is -1.98. The Morgan fingerprint density at radius 3 is 1.83 bits per heavy atom. The highest BCUT2D eigenvalue weighted by Crippen LogP contribution is 2.43. The molecule has 42 heavy (non-hydrogen) atoms. The van der Waals surface area contributed by atoms with E-state index < -0.39 is 116 Å². The van der Waals surface area contributed by atoms with Crippen LogP contribution in [0.25, 0.3) is 10.8 Å². The summed E-state index contributed by atoms with van der Waals surface area (Å²) < 4.78 is 158. The van der Waals surface area contributed by atoms with Gasteiger partial charge in [-0.3, -0.25) is 18.2 Å². The Labute approximate surface area is 237 Å². The van der Waals surface area contributed by atoms with Crippen molar-refractivity contribution in [3.05, 3.63) is 36.4 Å². The van der Waals surface area contributed by atoms with Crippen molar-refractivity contribution in [2.24, 2.45) is 10.2 Å². The number of anilines is 1. The third kappa shape index (κ3) is 7.54. The molecule has 0 unspecified atom stereocenters. The van der Waals surface area contributed by atoms with Crippen molar-refractivity contribution in [3.8, 4) is 5.75 Å². The molecule has 0 aromatic heterocycles. The van der Waals surface area contributed by atoms with Crippen molar-refractivity contribution >= 4 is 78.4 Å². The third-order valence-electron chi connectivity index (χ3n) is 5.15. The number of hydrogen-bond acceptors (Lipinski definition) is 15. The Bertz CT molecular complexity index is 2190. The molecule has 0 aliphatic heterocycles. The smallest absolute Gasteiger partial charge is 0.397 e. The first kappa shape index (κ1) is 33.2. The molecule has 0 fully saturated rings. The van der Waals surface area contributed by atoms with Crippen molar-refractivity contribution in [1.82, 2.24) is 0 Å². The lowest BCUT2D eigenvalue weighted by molar-refractivity contribution is 0.284. The average molecular weight is 692 g/mol. The standard InChI is InChI=1S/C18H17N3O16S5/c19-17-16-9(5-11(7-13(16)22)39(25,26)27)6-15(41(31,32)33)18(17)21-20-12-2-1-10(8-14(12)40(28,29)30)38(23,24)4-3-37-42(34,35)36/h1-2,5-8,22H,3-4,19H2,(H,25,26,27)(H,28,29,30)(H,31,32,33)(H,34,35,36)/b21-20+. The monoisotopic (exact) mass is 691 g/mol. The van der Waals surface area contributed by atoms with Gasteiger partial charge in [0.25, 0.3) is 30.4 Å². The number of nitrogens with zero attached hydrogens (tertiary/aromatic N) is 2. The van der Waals surface area contributed by atoms with Crippen LogP contribution in [0.2, 0.25) is 0 Å². The van der Waals surface area contributed by atoms with Gasteiger partial charge in [0.15, 0.2) is 9.84 Å². The van der Waals surface area contributed by atoms with Crippen LogP contribution in [0, 0.1) is 0 Å². The largest absolute Gasteiger partial charge is 0.507 e. The van der Waals surface area contributed by atoms with E-state index in [0.717, 1.165) is 6.07 Å². The van der Waals surface area contributed by atoms with E-state index in [1.807, 2.05) is 0 Å². The molecule has 24 heteroatoms. The van der Waals surface area contributed by atoms with Crippen LogP contribution in [-0.4, -0.2) is 77.8 Å². The second kappa shape index (κ2) is 11.1. The molecule has 0 aliphatic rings. The molecule has 0 spiro atoms. The first-order valence-corrected chi connectivity index (χ1v) is 17.7. The van der Waals surface area contributed by atoms with Crippen LogP contribution in [0.1, 0.15) is 0 Å². The number of nitrogens with two attached hydrogens (primary N) is 1. The molecule has 230 valence electrons. The Morgan fingerprint density at radius 1 is 0.714 bits per heavy atom. The molecule has 3 aromatic carbocycles. The van der Waals surface area contributed by atoms with Crippen LogP contribution >= 0.6 is 0 Å². The highest BCUT2D eigenvalue weighted by molar-refractivity contribution is 7.91. The molecule has 0 aliphatic carbocycles. The molecule has 19 nitrogen and oxygen atoms in total. The van der Waals surface area contributed by atoms with Gasteiger partial charge in [-0.25, -0.2) is 12.6 Å². The van der Waals surface area contributed by atoms with Gasteiger partial charge in [-0.1, -0.05) is 0 Å². The van der Waals surface area contributed by atoms with E-state index in [9.17, 15) is 60.9 Å². The molecule has 0 bridgehead atoms. The van der Waals surface area contributed by atoms with E-state index in [4.69, 9.17) is 10.3 Å². The van der Waals surface area contributed by atoms with E-state index >= 15 is 0 Å². The molecular formula is C18H17N3O16S5. The summed E-state index contributed by atoms with van der Waals surface area (Å²) in [6.07, 6.45) is 0. The number of sulfone groups is 1. The van der Waals surface area contributed by atoms with E-state index in [1.165, 1.54) is 0 Å². The van der Waals surface area contributed by atoms with Gasteiger partial charge in [0.1, 0.15) is 26.9 Å². The number of nitrogen functional groups attached to an aromatic ring is 1. The minimum Gasteiger partial charge on any atom is -0.507 e. The van der Waals surface area contributed by atoms with Crippen LogP contribution in [-0.2, 0) is 54.8 Å². The van der Waals surface area contributed by atoms with Crippen molar-refractivity contribution in [3.63, 3.8) is 0 Å². The molecule has 0 amide bonds. The van der Waals surface area contributed by atoms with Gasteiger partial charge in [-0.2, -0.15) is 33.7 Å². The second-order valence-corrected chi connectivity index (χ2v) is 15.4. The van der Waals surface area contributed by atoms with E-state index in [-0.39, 0.29) is 0 Å². The molecule has 0 saturated carbocycles. The lowest BCUT2D eigenvalue weighted by atomic mass is 10.1. The minimum atomic E-state index is -5.28. The molecule has 7 N–H and O–H groups in total. The van der Waals surface area contributed by atoms with Crippen molar-refractivity contribution in [2.45, 2.75) is 19.6 Å². The fraction of sp³-hybridized carbons (Fsp3) is 0.111. The van der Waals surface area contributed by atoms with Crippen molar-refractivity contribution in [2.75, 3.05) is 18.1 Å². The summed E-state index contributed by atoms with van der Waals surface area (Å²) in [5.41, 5.74) is 3.44. The highest BCUT2D eigenvalue weighted by Gasteiger charge is 2.26. The fourth-order valence-corrected chi connectivity index (χ4v) is 6.83. The molecule has 0 atom stereocenters. The SMILES string of the molecule is Nc1c(/N=N/c2ccc(S(=O)(=O)CCOS(=O)(=O)O)cc2S(=O)(=O)O)c(S(=O)(=O)O)cc2cc(S(=O)(=O)O)cc(O)c12. The normalized spacial score (nSPS) is 13.6. The number of aromatic hydroxyl groups is 1. The van der Waals surface area contributed by atoms with Crippen molar-refractivity contribution in [1.29, 1.82) is 0 Å². The van der Waals surface area contributed by atoms with Crippen LogP contribution in [0.3, 0.4) is 0 Å². The highest BCUT2D eigenvalue weighted by atomic mass is 32.3. The van der Waals surface area contributed by atoms with Gasteiger partial charge in [0.05, 0.1) is 27.8 Å². The maximum absolute atomic E-state index is 12.5. The Morgan fingerprint density at radius 2 is 1.31 bits per heavy atom. The average Bonchev–Trinajstić information content (AvgIpc) is 2.80. The number of phenols is 1. The lowest BCUT2D eigenvalue weighted by Crippen LogP contribution is -2.16. The van der Waals surface area contributed by atoms with Gasteiger partial charge in [-0.15, -0.1) is 10.2 Å². The zero-order chi connectivity index (χ0) is 32.1. The fourth-order valence-electron chi connectivity index (χ4n) is 3.39. The molecule has 3 rings (SSSR count). The molecule has 0 radical (unpaired) electrons. The number of azo groups is 1. The summed E-state index contributed by atoms with van der Waals surface area (Å²) in [4.78, 5) is -4.00. The summed E-state index contributed by atoms with van der Waals surface area (Å²) in [6.45, 7) is -1.07. The third-order valence-corrected chi connectivity index (χ3v) is 9.87. The number of phenolic OH excluding ortho intramolecular Hbond substituents is 1. The van der Waals surface area contributed by atoms with Crippen LogP contribution < -0.4 is 5.73 Å². The molecule has 3 aromatic rings. The van der Waals surface area contributed by atoms with E-state index in [0.29, 0.717) is 30.3 Å². The number of hydrogen-bond donors (Lipinski definition) is 6. The van der Waals surface area contributed by atoms with E-state index in [2.05, 4.69) is 14.4 Å². The summed E-state index contributed by atoms with van der Waals surface area (Å²) in [6, 6.07) is 3.66. The number of fused-ring (bicyclic) bond motifs is 1. The van der Waals surface area contributed by atoms with Gasteiger partial charge < -0.3 is 10.8 Å². The Balaban J connectivity index is 2.22. The zero-order valence-electron chi connectivity index (χ0n) is 20.1. The predicted molar refractivity (Wildman–Crippen MR) is 140 cm³/mol. The quantitative estimate of drug-likeness (QED) is 0.0975. The van der Waals surface area contributed by atoms with Gasteiger partial charge in [0, 0.05) is 11.5 Å². The Hall–Kier alpha value is -3.33. The first-order chi connectivity index (χ1) is 18.9. The molecular weight excluding hydrogens is 675 g/mol. The zero-order valence-corrected chi connectivity index (χ0v) is 24.2. The topological polar surface area (TPSA) is 332 Å². The maximum Gasteiger partial charge on any atom is 0.397 e. The van der Waals surface area contributed by atoms with Gasteiger partial charge in [0.2, 0.25) is 0 Å². The first-order valence-electron chi connectivity index (χ1n) is 10.3. The second-order valence-electron chi connectivity index (χ2n) is 8.00. The van der Waals surface area contributed by atoms with Crippen LogP contribution in [0.15, 0.2) is 66.2 Å². The van der Waals surface area contributed by atoms with Crippen LogP contribution in [0.4, 0.5) is 17.1 Å². The molecule has 0 saturated heterocycles. The number of benzene rings is 3. The molecule has 0 heterocycles. The Kier molecular flexibility index (Phi) is 8.74. The maximum atomic E-state index is 12.5. The van der Waals surface area contributed by atoms with Gasteiger partial charge in [-0.05, 0) is 35.7 Å². The summed E-state index contributed by atoms with van der Waals surface area (Å²) >= 11 is 0.